The Morgan fingerprint density at radius 2 is 1.75 bits per heavy atom. The van der Waals surface area contributed by atoms with E-state index in [4.69, 9.17) is 17.3 Å². The van der Waals surface area contributed by atoms with Crippen LogP contribution in [-0.4, -0.2) is 30.6 Å². The van der Waals surface area contributed by atoms with E-state index in [1.165, 1.54) is 25.1 Å². The largest absolute Gasteiger partial charge is 0.506 e. The van der Waals surface area contributed by atoms with Crippen molar-refractivity contribution in [2.75, 3.05) is 5.32 Å². The SMILES string of the molecule is Cc1cccc(S(=O)(=O)C(O)(c2cc(O)c(NC(=O)c3ccccc3)cc2Cl)C(C)N)c1. The number of amides is 1. The Balaban J connectivity index is 2.08. The van der Waals surface area contributed by atoms with Crippen molar-refractivity contribution in [1.29, 1.82) is 0 Å². The zero-order valence-electron chi connectivity index (χ0n) is 17.4. The molecule has 7 nitrogen and oxygen atoms in total. The molecule has 0 aliphatic rings. The summed E-state index contributed by atoms with van der Waals surface area (Å²) in [4.78, 5) is 9.63. The Labute approximate surface area is 191 Å². The summed E-state index contributed by atoms with van der Waals surface area (Å²) >= 11 is 6.34. The molecule has 0 aromatic heterocycles. The van der Waals surface area contributed by atoms with Crippen molar-refractivity contribution in [2.24, 2.45) is 5.73 Å². The van der Waals surface area contributed by atoms with Crippen LogP contribution in [0.3, 0.4) is 0 Å². The van der Waals surface area contributed by atoms with Crippen LogP contribution in [-0.2, 0) is 14.8 Å². The minimum absolute atomic E-state index is 0.0485. The highest BCUT2D eigenvalue weighted by molar-refractivity contribution is 7.92. The van der Waals surface area contributed by atoms with Crippen molar-refractivity contribution < 1.29 is 23.4 Å². The fourth-order valence-corrected chi connectivity index (χ4v) is 5.59. The average molecular weight is 475 g/mol. The van der Waals surface area contributed by atoms with Gasteiger partial charge in [0.2, 0.25) is 14.8 Å². The number of anilines is 1. The van der Waals surface area contributed by atoms with Crippen molar-refractivity contribution in [2.45, 2.75) is 29.7 Å². The summed E-state index contributed by atoms with van der Waals surface area (Å²) < 4.78 is 26.8. The molecule has 9 heteroatoms. The number of phenols is 1. The number of nitrogens with two attached hydrogens (primary N) is 1. The van der Waals surface area contributed by atoms with Gasteiger partial charge in [0.25, 0.3) is 5.91 Å². The molecule has 3 aromatic carbocycles. The summed E-state index contributed by atoms with van der Waals surface area (Å²) in [6.45, 7) is 3.04. The van der Waals surface area contributed by atoms with E-state index in [9.17, 15) is 23.4 Å². The van der Waals surface area contributed by atoms with Crippen molar-refractivity contribution in [1.82, 2.24) is 0 Å². The molecular weight excluding hydrogens is 452 g/mol. The minimum Gasteiger partial charge on any atom is -0.506 e. The number of nitrogens with one attached hydrogen (secondary N) is 1. The normalized spacial score (nSPS) is 14.4. The van der Waals surface area contributed by atoms with Gasteiger partial charge in [-0.15, -0.1) is 0 Å². The van der Waals surface area contributed by atoms with E-state index in [2.05, 4.69) is 5.32 Å². The first kappa shape index (κ1) is 23.7. The zero-order valence-corrected chi connectivity index (χ0v) is 19.0. The van der Waals surface area contributed by atoms with Crippen LogP contribution in [0, 0.1) is 6.92 Å². The lowest BCUT2D eigenvalue weighted by molar-refractivity contribution is 0.100. The van der Waals surface area contributed by atoms with Crippen molar-refractivity contribution in [3.8, 4) is 5.75 Å². The van der Waals surface area contributed by atoms with Gasteiger partial charge in [-0.1, -0.05) is 41.9 Å². The topological polar surface area (TPSA) is 130 Å². The van der Waals surface area contributed by atoms with Crippen molar-refractivity contribution in [3.63, 3.8) is 0 Å². The van der Waals surface area contributed by atoms with Gasteiger partial charge >= 0.3 is 0 Å². The smallest absolute Gasteiger partial charge is 0.255 e. The molecule has 0 bridgehead atoms. The number of carbonyl (C=O) groups excluding carboxylic acids is 1. The van der Waals surface area contributed by atoms with Gasteiger partial charge in [-0.05, 0) is 55.8 Å². The molecule has 0 saturated heterocycles. The first-order chi connectivity index (χ1) is 15.0. The zero-order chi connectivity index (χ0) is 23.7. The van der Waals surface area contributed by atoms with E-state index < -0.39 is 32.5 Å². The molecule has 0 spiro atoms. The van der Waals surface area contributed by atoms with Gasteiger partial charge in [0.15, 0.2) is 0 Å². The van der Waals surface area contributed by atoms with Gasteiger partial charge < -0.3 is 21.3 Å². The minimum atomic E-state index is -4.45. The third kappa shape index (κ3) is 4.22. The Morgan fingerprint density at radius 3 is 2.34 bits per heavy atom. The maximum Gasteiger partial charge on any atom is 0.255 e. The Hall–Kier alpha value is -2.91. The monoisotopic (exact) mass is 474 g/mol. The highest BCUT2D eigenvalue weighted by Crippen LogP contribution is 2.43. The standard InChI is InChI=1S/C23H23ClN2O5S/c1-14-7-6-10-17(11-14)32(30,31)23(29,15(2)25)18-12-21(27)20(13-19(18)24)26-22(28)16-8-4-3-5-9-16/h3-13,15,27,29H,25H2,1-2H3,(H,26,28). The molecule has 2 unspecified atom stereocenters. The lowest BCUT2D eigenvalue weighted by Gasteiger charge is -2.33. The predicted octanol–water partition coefficient (Wildman–Crippen LogP) is 3.57. The Morgan fingerprint density at radius 1 is 1.09 bits per heavy atom. The number of hydrogen-bond acceptors (Lipinski definition) is 6. The first-order valence-corrected chi connectivity index (χ1v) is 11.5. The van der Waals surface area contributed by atoms with E-state index in [0.29, 0.717) is 11.1 Å². The molecule has 2 atom stereocenters. The maximum absolute atomic E-state index is 13.4. The van der Waals surface area contributed by atoms with Crippen molar-refractivity contribution in [3.05, 3.63) is 88.4 Å². The molecule has 0 fully saturated rings. The van der Waals surface area contributed by atoms with E-state index in [1.54, 1.807) is 49.4 Å². The van der Waals surface area contributed by atoms with Gasteiger partial charge in [0.1, 0.15) is 5.75 Å². The summed E-state index contributed by atoms with van der Waals surface area (Å²) in [5.74, 6) is -0.980. The molecule has 0 radical (unpaired) electrons. The number of hydrogen-bond donors (Lipinski definition) is 4. The van der Waals surface area contributed by atoms with Gasteiger partial charge in [0, 0.05) is 17.2 Å². The first-order valence-electron chi connectivity index (χ1n) is 9.67. The quantitative estimate of drug-likeness (QED) is 0.404. The van der Waals surface area contributed by atoms with Crippen LogP contribution in [0.5, 0.6) is 5.75 Å². The number of benzene rings is 3. The second kappa shape index (κ2) is 8.91. The molecule has 3 aromatic rings. The van der Waals surface area contributed by atoms with Crippen LogP contribution in [0.1, 0.15) is 28.4 Å². The number of phenolic OH excluding ortho intramolecular Hbond substituents is 1. The lowest BCUT2D eigenvalue weighted by Crippen LogP contribution is -2.49. The molecule has 5 N–H and O–H groups in total. The lowest BCUT2D eigenvalue weighted by atomic mass is 10.0. The van der Waals surface area contributed by atoms with Gasteiger partial charge in [-0.2, -0.15) is 0 Å². The summed E-state index contributed by atoms with van der Waals surface area (Å²) in [6.07, 6.45) is 0. The number of aryl methyl sites for hydroxylation is 1. The number of aromatic hydroxyl groups is 1. The van der Waals surface area contributed by atoms with E-state index in [-0.39, 0.29) is 21.2 Å². The van der Waals surface area contributed by atoms with E-state index in [1.807, 2.05) is 0 Å². The van der Waals surface area contributed by atoms with Crippen LogP contribution in [0.2, 0.25) is 5.02 Å². The third-order valence-electron chi connectivity index (χ3n) is 5.08. The van der Waals surface area contributed by atoms with E-state index >= 15 is 0 Å². The van der Waals surface area contributed by atoms with Crippen molar-refractivity contribution >= 4 is 33.0 Å². The molecule has 168 valence electrons. The number of carbonyl (C=O) groups is 1. The Kier molecular flexibility index (Phi) is 6.61. The summed E-state index contributed by atoms with van der Waals surface area (Å²) in [6, 6.07) is 15.2. The summed E-state index contributed by atoms with van der Waals surface area (Å²) in [7, 11) is -4.45. The van der Waals surface area contributed by atoms with Crippen LogP contribution >= 0.6 is 11.6 Å². The molecule has 0 aliphatic heterocycles. The highest BCUT2D eigenvalue weighted by atomic mass is 35.5. The van der Waals surface area contributed by atoms with Gasteiger partial charge in [-0.25, -0.2) is 8.42 Å². The van der Waals surface area contributed by atoms with Crippen LogP contribution in [0.4, 0.5) is 5.69 Å². The molecule has 0 heterocycles. The molecule has 0 saturated carbocycles. The summed E-state index contributed by atoms with van der Waals surface area (Å²) in [5.41, 5.74) is 6.61. The summed E-state index contributed by atoms with van der Waals surface area (Å²) in [5, 5.41) is 24.2. The fraction of sp³-hybridized carbons (Fsp3) is 0.174. The van der Waals surface area contributed by atoms with E-state index in [0.717, 1.165) is 6.07 Å². The number of sulfone groups is 1. The third-order valence-corrected chi connectivity index (χ3v) is 7.68. The van der Waals surface area contributed by atoms with Gasteiger partial charge in [-0.3, -0.25) is 4.79 Å². The molecule has 1 amide bonds. The second-order valence-electron chi connectivity index (χ2n) is 7.47. The number of rotatable bonds is 6. The van der Waals surface area contributed by atoms with Crippen LogP contribution < -0.4 is 11.1 Å². The average Bonchev–Trinajstić information content (AvgIpc) is 2.75. The predicted molar refractivity (Wildman–Crippen MR) is 123 cm³/mol. The molecule has 32 heavy (non-hydrogen) atoms. The Bertz CT molecular complexity index is 1260. The number of aliphatic hydroxyl groups is 1. The van der Waals surface area contributed by atoms with Crippen LogP contribution in [0.15, 0.2) is 71.6 Å². The fourth-order valence-electron chi connectivity index (χ4n) is 3.32. The number of halogens is 1. The molecule has 3 rings (SSSR count). The van der Waals surface area contributed by atoms with Gasteiger partial charge in [0.05, 0.1) is 15.6 Å². The highest BCUT2D eigenvalue weighted by Gasteiger charge is 2.49. The molecular formula is C23H23ClN2O5S. The maximum atomic E-state index is 13.4. The molecule has 0 aliphatic carbocycles. The second-order valence-corrected chi connectivity index (χ2v) is 9.98. The van der Waals surface area contributed by atoms with Crippen LogP contribution in [0.25, 0.3) is 0 Å².